The van der Waals surface area contributed by atoms with Crippen LogP contribution in [0.5, 0.6) is 11.5 Å². The number of carbonyl (C=O) groups is 1. The number of rotatable bonds is 3. The highest BCUT2D eigenvalue weighted by Crippen LogP contribution is 2.25. The van der Waals surface area contributed by atoms with Crippen LogP contribution >= 0.6 is 0 Å². The number of hydrogen-bond donors (Lipinski definition) is 2. The van der Waals surface area contributed by atoms with Gasteiger partial charge in [-0.05, 0) is 12.1 Å². The summed E-state index contributed by atoms with van der Waals surface area (Å²) in [4.78, 5) is 16.5. The molecule has 0 aliphatic heterocycles. The number of benzene rings is 2. The van der Waals surface area contributed by atoms with Crippen molar-refractivity contribution in [1.82, 2.24) is 0 Å². The summed E-state index contributed by atoms with van der Waals surface area (Å²) in [5.41, 5.74) is 0.737. The quantitative estimate of drug-likeness (QED) is 0.622. The van der Waals surface area contributed by atoms with E-state index in [1.165, 1.54) is 18.2 Å². The van der Waals surface area contributed by atoms with Crippen LogP contribution in [0.1, 0.15) is 15.9 Å². The first-order valence-electron chi connectivity index (χ1n) is 5.02. The third kappa shape index (κ3) is 2.26. The standard InChI is InChI=1S/C13H11NO3/c14-17-10-6-7-11(12(15)8-10)13(16)9-4-2-1-3-5-9/h1-8,15H,14H2. The van der Waals surface area contributed by atoms with Crippen LogP contribution in [0, 0.1) is 0 Å². The second-order valence-electron chi connectivity index (χ2n) is 3.49. The van der Waals surface area contributed by atoms with Crippen molar-refractivity contribution >= 4 is 5.78 Å². The molecule has 0 aliphatic rings. The fourth-order valence-electron chi connectivity index (χ4n) is 1.52. The molecule has 0 spiro atoms. The predicted molar refractivity (Wildman–Crippen MR) is 62.8 cm³/mol. The third-order valence-corrected chi connectivity index (χ3v) is 2.39. The first-order chi connectivity index (χ1) is 8.22. The van der Waals surface area contributed by atoms with Crippen LogP contribution in [0.4, 0.5) is 0 Å². The van der Waals surface area contributed by atoms with E-state index in [4.69, 9.17) is 5.90 Å². The van der Waals surface area contributed by atoms with Crippen molar-refractivity contribution in [1.29, 1.82) is 0 Å². The molecule has 86 valence electrons. The Kier molecular flexibility index (Phi) is 3.07. The van der Waals surface area contributed by atoms with Crippen LogP contribution in [0.3, 0.4) is 0 Å². The van der Waals surface area contributed by atoms with Crippen LogP contribution in [-0.4, -0.2) is 10.9 Å². The van der Waals surface area contributed by atoms with Gasteiger partial charge in [0.05, 0.1) is 5.56 Å². The van der Waals surface area contributed by atoms with E-state index in [1.54, 1.807) is 24.3 Å². The van der Waals surface area contributed by atoms with Crippen molar-refractivity contribution in [3.8, 4) is 11.5 Å². The molecule has 0 atom stereocenters. The zero-order chi connectivity index (χ0) is 12.3. The van der Waals surface area contributed by atoms with Gasteiger partial charge in [0.2, 0.25) is 0 Å². The van der Waals surface area contributed by atoms with Gasteiger partial charge in [-0.15, -0.1) is 0 Å². The Balaban J connectivity index is 2.38. The molecule has 3 N–H and O–H groups in total. The highest BCUT2D eigenvalue weighted by atomic mass is 16.6. The number of phenols is 1. The molecule has 0 amide bonds. The zero-order valence-electron chi connectivity index (χ0n) is 8.96. The Hall–Kier alpha value is -2.33. The van der Waals surface area contributed by atoms with Gasteiger partial charge in [-0.3, -0.25) is 4.79 Å². The van der Waals surface area contributed by atoms with Crippen LogP contribution in [-0.2, 0) is 0 Å². The molecule has 2 aromatic carbocycles. The van der Waals surface area contributed by atoms with E-state index in [2.05, 4.69) is 4.84 Å². The molecule has 2 aromatic rings. The van der Waals surface area contributed by atoms with Gasteiger partial charge in [-0.2, -0.15) is 5.90 Å². The van der Waals surface area contributed by atoms with E-state index < -0.39 is 0 Å². The lowest BCUT2D eigenvalue weighted by Crippen LogP contribution is -2.04. The number of ketones is 1. The summed E-state index contributed by atoms with van der Waals surface area (Å²) in [7, 11) is 0. The second kappa shape index (κ2) is 4.67. The zero-order valence-corrected chi connectivity index (χ0v) is 8.96. The van der Waals surface area contributed by atoms with Gasteiger partial charge in [0.1, 0.15) is 5.75 Å². The first kappa shape index (κ1) is 11.2. The predicted octanol–water partition coefficient (Wildman–Crippen LogP) is 1.88. The van der Waals surface area contributed by atoms with Crippen molar-refractivity contribution < 1.29 is 14.7 Å². The molecule has 0 radical (unpaired) electrons. The fraction of sp³-hybridized carbons (Fsp3) is 0. The minimum absolute atomic E-state index is 0.151. The van der Waals surface area contributed by atoms with E-state index in [9.17, 15) is 9.90 Å². The van der Waals surface area contributed by atoms with E-state index in [0.717, 1.165) is 0 Å². The molecule has 0 aliphatic carbocycles. The summed E-state index contributed by atoms with van der Waals surface area (Å²) in [6.07, 6.45) is 0. The van der Waals surface area contributed by atoms with Gasteiger partial charge < -0.3 is 9.94 Å². The first-order valence-corrected chi connectivity index (χ1v) is 5.02. The Bertz CT molecular complexity index is 538. The van der Waals surface area contributed by atoms with Gasteiger partial charge in [0.25, 0.3) is 0 Å². The normalized spacial score (nSPS) is 9.94. The smallest absolute Gasteiger partial charge is 0.196 e. The molecule has 0 bridgehead atoms. The summed E-state index contributed by atoms with van der Waals surface area (Å²) < 4.78 is 0. The third-order valence-electron chi connectivity index (χ3n) is 2.39. The highest BCUT2D eigenvalue weighted by Gasteiger charge is 2.13. The maximum absolute atomic E-state index is 12.0. The molecule has 0 saturated heterocycles. The molecule has 17 heavy (non-hydrogen) atoms. The SMILES string of the molecule is NOc1ccc(C(=O)c2ccccc2)c(O)c1. The molecule has 0 unspecified atom stereocenters. The van der Waals surface area contributed by atoms with E-state index in [-0.39, 0.29) is 17.1 Å². The Labute approximate surface area is 98.2 Å². The summed E-state index contributed by atoms with van der Waals surface area (Å²) in [6.45, 7) is 0. The van der Waals surface area contributed by atoms with Gasteiger partial charge in [0, 0.05) is 11.6 Å². The lowest BCUT2D eigenvalue weighted by atomic mass is 10.0. The monoisotopic (exact) mass is 229 g/mol. The van der Waals surface area contributed by atoms with Gasteiger partial charge in [0.15, 0.2) is 11.5 Å². The van der Waals surface area contributed by atoms with Crippen molar-refractivity contribution in [3.05, 3.63) is 59.7 Å². The lowest BCUT2D eigenvalue weighted by molar-refractivity contribution is 0.103. The second-order valence-corrected chi connectivity index (χ2v) is 3.49. The molecule has 0 saturated carbocycles. The molecule has 2 rings (SSSR count). The Morgan fingerprint density at radius 3 is 2.41 bits per heavy atom. The maximum Gasteiger partial charge on any atom is 0.196 e. The van der Waals surface area contributed by atoms with Crippen molar-refractivity contribution in [2.75, 3.05) is 0 Å². The van der Waals surface area contributed by atoms with Gasteiger partial charge in [-0.25, -0.2) is 0 Å². The number of carbonyl (C=O) groups excluding carboxylic acids is 1. The molecule has 4 nitrogen and oxygen atoms in total. The highest BCUT2D eigenvalue weighted by molar-refractivity contribution is 6.10. The van der Waals surface area contributed by atoms with E-state index >= 15 is 0 Å². The molecule has 0 fully saturated rings. The maximum atomic E-state index is 12.0. The van der Waals surface area contributed by atoms with Crippen LogP contribution in [0.25, 0.3) is 0 Å². The summed E-state index contributed by atoms with van der Waals surface area (Å²) >= 11 is 0. The topological polar surface area (TPSA) is 72.5 Å². The van der Waals surface area contributed by atoms with E-state index in [0.29, 0.717) is 11.3 Å². The van der Waals surface area contributed by atoms with Crippen molar-refractivity contribution in [3.63, 3.8) is 0 Å². The largest absolute Gasteiger partial charge is 0.507 e. The summed E-state index contributed by atoms with van der Waals surface area (Å²) in [6, 6.07) is 13.0. The molecule has 4 heteroatoms. The Morgan fingerprint density at radius 2 is 1.82 bits per heavy atom. The number of hydrogen-bond acceptors (Lipinski definition) is 4. The fourth-order valence-corrected chi connectivity index (χ4v) is 1.52. The Morgan fingerprint density at radius 1 is 1.12 bits per heavy atom. The molecular formula is C13H11NO3. The van der Waals surface area contributed by atoms with Crippen molar-refractivity contribution in [2.45, 2.75) is 0 Å². The number of phenolic OH excluding ortho intramolecular Hbond substituents is 1. The molecule has 0 heterocycles. The van der Waals surface area contributed by atoms with Crippen LogP contribution in [0.15, 0.2) is 48.5 Å². The summed E-state index contributed by atoms with van der Waals surface area (Å²) in [5.74, 6) is 4.86. The summed E-state index contributed by atoms with van der Waals surface area (Å²) in [5, 5.41) is 9.70. The minimum Gasteiger partial charge on any atom is -0.507 e. The van der Waals surface area contributed by atoms with Crippen LogP contribution < -0.4 is 10.7 Å². The van der Waals surface area contributed by atoms with Gasteiger partial charge in [-0.1, -0.05) is 30.3 Å². The molecular weight excluding hydrogens is 218 g/mol. The average molecular weight is 229 g/mol. The van der Waals surface area contributed by atoms with Crippen molar-refractivity contribution in [2.24, 2.45) is 5.90 Å². The molecule has 0 aromatic heterocycles. The number of aromatic hydroxyl groups is 1. The lowest BCUT2D eigenvalue weighted by Gasteiger charge is -2.05. The average Bonchev–Trinajstić information content (AvgIpc) is 2.39. The van der Waals surface area contributed by atoms with Gasteiger partial charge >= 0.3 is 0 Å². The number of nitrogens with two attached hydrogens (primary N) is 1. The van der Waals surface area contributed by atoms with Crippen LogP contribution in [0.2, 0.25) is 0 Å². The minimum atomic E-state index is -0.244. The van der Waals surface area contributed by atoms with E-state index in [1.807, 2.05) is 6.07 Å².